The summed E-state index contributed by atoms with van der Waals surface area (Å²) in [5.41, 5.74) is 0.434. The molecule has 1 rings (SSSR count). The Bertz CT molecular complexity index is 130. The van der Waals surface area contributed by atoms with Gasteiger partial charge in [0.15, 0.2) is 0 Å². The molecule has 1 unspecified atom stereocenters. The molecule has 0 aromatic heterocycles. The van der Waals surface area contributed by atoms with Crippen molar-refractivity contribution < 1.29 is 0 Å². The van der Waals surface area contributed by atoms with Crippen molar-refractivity contribution in [2.24, 2.45) is 11.3 Å². The zero-order chi connectivity index (χ0) is 9.19. The van der Waals surface area contributed by atoms with Crippen LogP contribution in [0.5, 0.6) is 0 Å². The number of alkyl halides is 1. The van der Waals surface area contributed by atoms with Gasteiger partial charge in [0.05, 0.1) is 0 Å². The van der Waals surface area contributed by atoms with Crippen LogP contribution in [-0.2, 0) is 0 Å². The van der Waals surface area contributed by atoms with Crippen LogP contribution in [0.2, 0.25) is 0 Å². The third-order valence-corrected chi connectivity index (χ3v) is 4.82. The van der Waals surface area contributed by atoms with Crippen molar-refractivity contribution in [2.45, 2.75) is 57.7 Å². The lowest BCUT2D eigenvalue weighted by Gasteiger charge is -2.30. The lowest BCUT2D eigenvalue weighted by atomic mass is 9.79. The fourth-order valence-corrected chi connectivity index (χ4v) is 1.86. The Kier molecular flexibility index (Phi) is 3.63. The van der Waals surface area contributed by atoms with Gasteiger partial charge >= 0.3 is 0 Å². The van der Waals surface area contributed by atoms with Crippen LogP contribution in [0, 0.1) is 11.3 Å². The summed E-state index contributed by atoms with van der Waals surface area (Å²) >= 11 is 3.78. The Morgan fingerprint density at radius 2 is 1.92 bits per heavy atom. The predicted molar refractivity (Wildman–Crippen MR) is 58.7 cm³/mol. The van der Waals surface area contributed by atoms with Crippen molar-refractivity contribution in [1.29, 1.82) is 0 Å². The van der Waals surface area contributed by atoms with E-state index in [1.54, 1.807) is 0 Å². The number of halogens is 1. The van der Waals surface area contributed by atoms with Crippen LogP contribution in [0.4, 0.5) is 0 Å². The molecule has 72 valence electrons. The van der Waals surface area contributed by atoms with E-state index in [4.69, 9.17) is 0 Å². The molecule has 0 nitrogen and oxygen atoms in total. The molecule has 1 aliphatic rings. The van der Waals surface area contributed by atoms with E-state index in [2.05, 4.69) is 36.7 Å². The predicted octanol–water partition coefficient (Wildman–Crippen LogP) is 4.38. The van der Waals surface area contributed by atoms with Crippen LogP contribution in [0.1, 0.15) is 52.9 Å². The molecule has 1 atom stereocenters. The van der Waals surface area contributed by atoms with Gasteiger partial charge in [0.2, 0.25) is 0 Å². The van der Waals surface area contributed by atoms with Gasteiger partial charge in [-0.15, -0.1) is 0 Å². The van der Waals surface area contributed by atoms with E-state index in [9.17, 15) is 0 Å². The van der Waals surface area contributed by atoms with E-state index in [1.807, 2.05) is 0 Å². The van der Waals surface area contributed by atoms with Crippen molar-refractivity contribution in [2.75, 3.05) is 0 Å². The van der Waals surface area contributed by atoms with E-state index in [-0.39, 0.29) is 0 Å². The average molecular weight is 233 g/mol. The highest BCUT2D eigenvalue weighted by Crippen LogP contribution is 2.35. The van der Waals surface area contributed by atoms with Crippen molar-refractivity contribution in [3.63, 3.8) is 0 Å². The highest BCUT2D eigenvalue weighted by atomic mass is 79.9. The highest BCUT2D eigenvalue weighted by molar-refractivity contribution is 9.09. The number of rotatable bonds is 3. The first-order valence-electron chi connectivity index (χ1n) is 5.14. The lowest BCUT2D eigenvalue weighted by Crippen LogP contribution is -2.22. The van der Waals surface area contributed by atoms with Crippen LogP contribution in [-0.4, -0.2) is 4.83 Å². The van der Waals surface area contributed by atoms with Crippen LogP contribution in [0.3, 0.4) is 0 Å². The molecule has 0 aromatic rings. The van der Waals surface area contributed by atoms with Gasteiger partial charge in [0.25, 0.3) is 0 Å². The average Bonchev–Trinajstić information content (AvgIpc) is 1.81. The minimum Gasteiger partial charge on any atom is -0.0885 e. The van der Waals surface area contributed by atoms with Gasteiger partial charge in [-0.3, -0.25) is 0 Å². The van der Waals surface area contributed by atoms with E-state index in [1.165, 1.54) is 32.1 Å². The summed E-state index contributed by atoms with van der Waals surface area (Å²) in [6.45, 7) is 6.94. The molecule has 0 amide bonds. The molecular formula is C11H21Br. The standard InChI is InChI=1S/C11H21Br/c1-11(2,3)10(12)8-7-9-5-4-6-9/h9-10H,4-8H2,1-3H3. The summed E-state index contributed by atoms with van der Waals surface area (Å²) in [5, 5.41) is 0. The Hall–Kier alpha value is 0.480. The molecule has 1 heteroatoms. The van der Waals surface area contributed by atoms with Crippen molar-refractivity contribution in [3.8, 4) is 0 Å². The second-order valence-corrected chi connectivity index (χ2v) is 6.31. The molecule has 0 N–H and O–H groups in total. The molecule has 1 aliphatic carbocycles. The fraction of sp³-hybridized carbons (Fsp3) is 1.00. The molecule has 0 aliphatic heterocycles. The fourth-order valence-electron chi connectivity index (χ4n) is 1.60. The van der Waals surface area contributed by atoms with Gasteiger partial charge in [-0.25, -0.2) is 0 Å². The Labute approximate surface area is 85.3 Å². The van der Waals surface area contributed by atoms with Gasteiger partial charge in [-0.1, -0.05) is 56.0 Å². The molecule has 1 saturated carbocycles. The normalized spacial score (nSPS) is 22.0. The maximum Gasteiger partial charge on any atom is 0.0194 e. The Balaban J connectivity index is 2.13. The molecule has 0 heterocycles. The first kappa shape index (κ1) is 10.6. The third-order valence-electron chi connectivity index (χ3n) is 2.99. The number of hydrogen-bond donors (Lipinski definition) is 0. The first-order chi connectivity index (χ1) is 5.50. The van der Waals surface area contributed by atoms with Gasteiger partial charge < -0.3 is 0 Å². The third kappa shape index (κ3) is 3.08. The maximum absolute atomic E-state index is 3.78. The maximum atomic E-state index is 3.78. The quantitative estimate of drug-likeness (QED) is 0.634. The van der Waals surface area contributed by atoms with Gasteiger partial charge in [-0.05, 0) is 24.2 Å². The van der Waals surface area contributed by atoms with Crippen molar-refractivity contribution >= 4 is 15.9 Å². The van der Waals surface area contributed by atoms with Gasteiger partial charge in [-0.2, -0.15) is 0 Å². The molecule has 0 saturated heterocycles. The minimum absolute atomic E-state index is 0.434. The minimum atomic E-state index is 0.434. The molecular weight excluding hydrogens is 212 g/mol. The van der Waals surface area contributed by atoms with E-state index >= 15 is 0 Å². The van der Waals surface area contributed by atoms with E-state index in [0.29, 0.717) is 10.2 Å². The largest absolute Gasteiger partial charge is 0.0885 e. The SMILES string of the molecule is CC(C)(C)C(Br)CCC1CCC1. The molecule has 1 fully saturated rings. The van der Waals surface area contributed by atoms with E-state index in [0.717, 1.165) is 5.92 Å². The summed E-state index contributed by atoms with van der Waals surface area (Å²) in [6.07, 6.45) is 7.25. The summed E-state index contributed by atoms with van der Waals surface area (Å²) in [5.74, 6) is 1.06. The van der Waals surface area contributed by atoms with Gasteiger partial charge in [0.1, 0.15) is 0 Å². The zero-order valence-corrected chi connectivity index (χ0v) is 10.2. The van der Waals surface area contributed by atoms with Crippen molar-refractivity contribution in [1.82, 2.24) is 0 Å². The smallest absolute Gasteiger partial charge is 0.0194 e. The summed E-state index contributed by atoms with van der Waals surface area (Å²) in [7, 11) is 0. The second-order valence-electron chi connectivity index (χ2n) is 5.21. The summed E-state index contributed by atoms with van der Waals surface area (Å²) in [4.78, 5) is 0.700. The summed E-state index contributed by atoms with van der Waals surface area (Å²) < 4.78 is 0. The molecule has 0 bridgehead atoms. The van der Waals surface area contributed by atoms with Gasteiger partial charge in [0, 0.05) is 4.83 Å². The monoisotopic (exact) mass is 232 g/mol. The highest BCUT2D eigenvalue weighted by Gasteiger charge is 2.24. The van der Waals surface area contributed by atoms with Crippen LogP contribution in [0.25, 0.3) is 0 Å². The Morgan fingerprint density at radius 1 is 1.33 bits per heavy atom. The van der Waals surface area contributed by atoms with E-state index < -0.39 is 0 Å². The first-order valence-corrected chi connectivity index (χ1v) is 6.06. The molecule has 0 aromatic carbocycles. The molecule has 0 radical (unpaired) electrons. The Morgan fingerprint density at radius 3 is 2.25 bits per heavy atom. The van der Waals surface area contributed by atoms with Crippen molar-refractivity contribution in [3.05, 3.63) is 0 Å². The van der Waals surface area contributed by atoms with Crippen LogP contribution in [0.15, 0.2) is 0 Å². The second kappa shape index (κ2) is 4.13. The summed E-state index contributed by atoms with van der Waals surface area (Å²) in [6, 6.07) is 0. The lowest BCUT2D eigenvalue weighted by molar-refractivity contribution is 0.270. The molecule has 12 heavy (non-hydrogen) atoms. The zero-order valence-electron chi connectivity index (χ0n) is 8.57. The number of hydrogen-bond acceptors (Lipinski definition) is 0. The molecule has 0 spiro atoms. The van der Waals surface area contributed by atoms with Crippen LogP contribution >= 0.6 is 15.9 Å². The van der Waals surface area contributed by atoms with Crippen LogP contribution < -0.4 is 0 Å². The topological polar surface area (TPSA) is 0 Å².